The van der Waals surface area contributed by atoms with E-state index in [-0.39, 0.29) is 6.17 Å². The second-order valence-electron chi connectivity index (χ2n) is 13.0. The molecule has 1 atom stereocenters. The van der Waals surface area contributed by atoms with Crippen LogP contribution >= 0.6 is 0 Å². The van der Waals surface area contributed by atoms with Gasteiger partial charge in [-0.05, 0) is 51.0 Å². The second kappa shape index (κ2) is 12.0. The molecule has 0 saturated carbocycles. The standard InChI is InChI=1S/C47H32N4/c1-3-13-31(14-4-1)32-25-27-35(28-26-32)46-48-45(34-16-5-2-6-17-34)49-47(50-46)39-22-11-21-38-37(39)20-12-24-41(38)51-42-23-10-9-19-40(42)44-36-18-8-7-15-33(36)29-30-43(44)51/h1-30,46H,(H,48,49,50). The predicted octanol–water partition coefficient (Wildman–Crippen LogP) is 11.3. The Morgan fingerprint density at radius 2 is 1.10 bits per heavy atom. The number of benzene rings is 8. The van der Waals surface area contributed by atoms with Gasteiger partial charge in [-0.1, -0.05) is 164 Å². The van der Waals surface area contributed by atoms with Crippen molar-refractivity contribution in [2.75, 3.05) is 0 Å². The minimum absolute atomic E-state index is 0.304. The van der Waals surface area contributed by atoms with Gasteiger partial charge in [0, 0.05) is 27.3 Å². The summed E-state index contributed by atoms with van der Waals surface area (Å²) in [7, 11) is 0. The van der Waals surface area contributed by atoms with Crippen molar-refractivity contribution in [1.82, 2.24) is 9.88 Å². The fraction of sp³-hybridized carbons (Fsp3) is 0.0213. The summed E-state index contributed by atoms with van der Waals surface area (Å²) in [6.45, 7) is 0. The Labute approximate surface area is 295 Å². The Hall–Kier alpha value is -6.78. The first kappa shape index (κ1) is 29.2. The maximum Gasteiger partial charge on any atom is 0.160 e. The van der Waals surface area contributed by atoms with Gasteiger partial charge in [0.25, 0.3) is 0 Å². The number of fused-ring (bicyclic) bond motifs is 6. The third-order valence-electron chi connectivity index (χ3n) is 10.1. The number of aliphatic imine (C=N–C) groups is 2. The van der Waals surface area contributed by atoms with Gasteiger partial charge in [0.1, 0.15) is 12.0 Å². The lowest BCUT2D eigenvalue weighted by atomic mass is 10.0. The van der Waals surface area contributed by atoms with Crippen LogP contribution in [0.5, 0.6) is 0 Å². The summed E-state index contributed by atoms with van der Waals surface area (Å²) in [4.78, 5) is 10.5. The molecule has 51 heavy (non-hydrogen) atoms. The van der Waals surface area contributed by atoms with E-state index in [9.17, 15) is 0 Å². The molecule has 240 valence electrons. The first-order valence-corrected chi connectivity index (χ1v) is 17.4. The molecule has 0 bridgehead atoms. The molecule has 1 unspecified atom stereocenters. The molecule has 9 aromatic rings. The van der Waals surface area contributed by atoms with Gasteiger partial charge in [-0.25, -0.2) is 9.98 Å². The molecule has 1 N–H and O–H groups in total. The second-order valence-corrected chi connectivity index (χ2v) is 13.0. The van der Waals surface area contributed by atoms with Crippen molar-refractivity contribution >= 4 is 55.0 Å². The normalized spacial score (nSPS) is 14.5. The third-order valence-corrected chi connectivity index (χ3v) is 10.1. The Balaban J connectivity index is 1.15. The fourth-order valence-electron chi connectivity index (χ4n) is 7.65. The molecular weight excluding hydrogens is 621 g/mol. The number of amidine groups is 2. The number of aromatic nitrogens is 1. The molecule has 1 aliphatic rings. The lowest BCUT2D eigenvalue weighted by Crippen LogP contribution is -2.33. The first-order valence-electron chi connectivity index (χ1n) is 17.4. The number of hydrogen-bond donors (Lipinski definition) is 1. The van der Waals surface area contributed by atoms with E-state index in [0.717, 1.165) is 39.0 Å². The molecule has 1 aliphatic heterocycles. The zero-order valence-electron chi connectivity index (χ0n) is 27.7. The third kappa shape index (κ3) is 4.92. The van der Waals surface area contributed by atoms with Gasteiger partial charge in [-0.2, -0.15) is 0 Å². The molecule has 0 saturated heterocycles. The van der Waals surface area contributed by atoms with Crippen molar-refractivity contribution in [2.45, 2.75) is 6.17 Å². The van der Waals surface area contributed by atoms with E-state index in [4.69, 9.17) is 9.98 Å². The number of nitrogens with one attached hydrogen (secondary N) is 1. The number of para-hydroxylation sites is 1. The van der Waals surface area contributed by atoms with E-state index in [1.807, 2.05) is 24.3 Å². The largest absolute Gasteiger partial charge is 0.344 e. The van der Waals surface area contributed by atoms with Crippen molar-refractivity contribution in [3.05, 3.63) is 199 Å². The highest BCUT2D eigenvalue weighted by Crippen LogP contribution is 2.39. The number of rotatable bonds is 5. The Morgan fingerprint density at radius 3 is 1.92 bits per heavy atom. The molecule has 0 amide bonds. The van der Waals surface area contributed by atoms with Crippen molar-refractivity contribution in [2.24, 2.45) is 9.98 Å². The number of nitrogens with zero attached hydrogens (tertiary/aromatic N) is 3. The summed E-state index contributed by atoms with van der Waals surface area (Å²) >= 11 is 0. The highest BCUT2D eigenvalue weighted by atomic mass is 15.2. The van der Waals surface area contributed by atoms with Crippen molar-refractivity contribution in [1.29, 1.82) is 0 Å². The molecule has 4 heteroatoms. The van der Waals surface area contributed by atoms with Gasteiger partial charge in [0.15, 0.2) is 5.84 Å². The van der Waals surface area contributed by atoms with Crippen LogP contribution in [0.2, 0.25) is 0 Å². The summed E-state index contributed by atoms with van der Waals surface area (Å²) in [6, 6.07) is 64.5. The van der Waals surface area contributed by atoms with Crippen molar-refractivity contribution in [3.8, 4) is 16.8 Å². The summed E-state index contributed by atoms with van der Waals surface area (Å²) in [5.41, 5.74) is 8.98. The zero-order valence-corrected chi connectivity index (χ0v) is 27.7. The molecule has 4 nitrogen and oxygen atoms in total. The monoisotopic (exact) mass is 652 g/mol. The van der Waals surface area contributed by atoms with E-state index in [1.165, 1.54) is 43.7 Å². The van der Waals surface area contributed by atoms with Gasteiger partial charge < -0.3 is 9.88 Å². The van der Waals surface area contributed by atoms with Crippen LogP contribution in [0.1, 0.15) is 22.9 Å². The quantitative estimate of drug-likeness (QED) is 0.197. The fourth-order valence-corrected chi connectivity index (χ4v) is 7.65. The van der Waals surface area contributed by atoms with Crippen LogP contribution in [0.4, 0.5) is 0 Å². The van der Waals surface area contributed by atoms with E-state index in [2.05, 4.69) is 168 Å². The Kier molecular flexibility index (Phi) is 6.85. The van der Waals surface area contributed by atoms with E-state index in [0.29, 0.717) is 5.84 Å². The molecule has 10 rings (SSSR count). The molecule has 8 aromatic carbocycles. The van der Waals surface area contributed by atoms with Gasteiger partial charge >= 0.3 is 0 Å². The summed E-state index contributed by atoms with van der Waals surface area (Å²) in [6.07, 6.45) is -0.304. The van der Waals surface area contributed by atoms with Gasteiger partial charge in [0.2, 0.25) is 0 Å². The van der Waals surface area contributed by atoms with E-state index < -0.39 is 0 Å². The van der Waals surface area contributed by atoms with E-state index in [1.54, 1.807) is 0 Å². The van der Waals surface area contributed by atoms with Crippen LogP contribution in [0.3, 0.4) is 0 Å². The molecule has 2 heterocycles. The predicted molar refractivity (Wildman–Crippen MR) is 213 cm³/mol. The molecule has 0 aliphatic carbocycles. The van der Waals surface area contributed by atoms with Crippen LogP contribution in [-0.4, -0.2) is 16.2 Å². The van der Waals surface area contributed by atoms with Crippen LogP contribution in [-0.2, 0) is 0 Å². The Bertz CT molecular complexity index is 2810. The average molecular weight is 653 g/mol. The maximum absolute atomic E-state index is 5.29. The zero-order chi connectivity index (χ0) is 33.7. The lowest BCUT2D eigenvalue weighted by Gasteiger charge is -2.24. The van der Waals surface area contributed by atoms with Crippen molar-refractivity contribution < 1.29 is 0 Å². The highest BCUT2D eigenvalue weighted by molar-refractivity contribution is 6.22. The van der Waals surface area contributed by atoms with Crippen molar-refractivity contribution in [3.63, 3.8) is 0 Å². The first-order chi connectivity index (χ1) is 25.3. The summed E-state index contributed by atoms with van der Waals surface area (Å²) in [5, 5.41) is 10.9. The summed E-state index contributed by atoms with van der Waals surface area (Å²) < 4.78 is 2.42. The van der Waals surface area contributed by atoms with E-state index >= 15 is 0 Å². The van der Waals surface area contributed by atoms with Gasteiger partial charge in [-0.3, -0.25) is 0 Å². The lowest BCUT2D eigenvalue weighted by molar-refractivity contribution is 0.674. The SMILES string of the molecule is c1ccc(C2=NC(c3cccc4c(-n5c6ccccc6c6c7ccccc7ccc65)cccc34)=NC(c3ccc(-c4ccccc4)cc3)N2)cc1. The topological polar surface area (TPSA) is 41.7 Å². The minimum atomic E-state index is -0.304. The smallest absolute Gasteiger partial charge is 0.160 e. The highest BCUT2D eigenvalue weighted by Gasteiger charge is 2.23. The molecule has 0 spiro atoms. The average Bonchev–Trinajstić information content (AvgIpc) is 3.55. The van der Waals surface area contributed by atoms with Crippen LogP contribution in [0.15, 0.2) is 192 Å². The molecule has 0 fully saturated rings. The van der Waals surface area contributed by atoms with Crippen LogP contribution in [0, 0.1) is 0 Å². The Morgan fingerprint density at radius 1 is 0.451 bits per heavy atom. The minimum Gasteiger partial charge on any atom is -0.344 e. The molecule has 0 radical (unpaired) electrons. The molecular formula is C47H32N4. The van der Waals surface area contributed by atoms with Crippen LogP contribution in [0.25, 0.3) is 60.2 Å². The van der Waals surface area contributed by atoms with Gasteiger partial charge in [-0.15, -0.1) is 0 Å². The maximum atomic E-state index is 5.29. The molecule has 1 aromatic heterocycles. The van der Waals surface area contributed by atoms with Gasteiger partial charge in [0.05, 0.1) is 16.7 Å². The summed E-state index contributed by atoms with van der Waals surface area (Å²) in [5.74, 6) is 1.51. The van der Waals surface area contributed by atoms with Crippen LogP contribution < -0.4 is 5.32 Å². The number of hydrogen-bond acceptors (Lipinski definition) is 3.